The number of rotatable bonds is 4. The molecule has 2 rings (SSSR count). The Morgan fingerprint density at radius 3 is 2.88 bits per heavy atom. The van der Waals surface area contributed by atoms with Crippen LogP contribution in [0.25, 0.3) is 0 Å². The third-order valence-electron chi connectivity index (χ3n) is 3.11. The molecular formula is C12H16N2O3. The third kappa shape index (κ3) is 2.81. The number of nitrogens with zero attached hydrogens (tertiary/aromatic N) is 1. The summed E-state index contributed by atoms with van der Waals surface area (Å²) >= 11 is 0. The van der Waals surface area contributed by atoms with Gasteiger partial charge in [-0.2, -0.15) is 0 Å². The normalized spacial score (nSPS) is 18.8. The largest absolute Gasteiger partial charge is 0.480 e. The van der Waals surface area contributed by atoms with Crippen LogP contribution in [0.2, 0.25) is 0 Å². The predicted molar refractivity (Wildman–Crippen MR) is 61.5 cm³/mol. The smallest absolute Gasteiger partial charge is 0.324 e. The summed E-state index contributed by atoms with van der Waals surface area (Å²) in [5.74, 6) is -0.801. The van der Waals surface area contributed by atoms with Gasteiger partial charge >= 0.3 is 5.97 Å². The van der Waals surface area contributed by atoms with E-state index in [1.165, 1.54) is 0 Å². The molecule has 5 heteroatoms. The van der Waals surface area contributed by atoms with E-state index in [1.807, 2.05) is 12.1 Å². The van der Waals surface area contributed by atoms with Gasteiger partial charge in [-0.05, 0) is 24.5 Å². The van der Waals surface area contributed by atoms with E-state index in [-0.39, 0.29) is 0 Å². The lowest BCUT2D eigenvalue weighted by Gasteiger charge is -2.34. The maximum atomic E-state index is 11.4. The number of hydrogen-bond donors (Lipinski definition) is 2. The van der Waals surface area contributed by atoms with Crippen molar-refractivity contribution >= 4 is 5.97 Å². The lowest BCUT2D eigenvalue weighted by Crippen LogP contribution is -2.55. The molecule has 92 valence electrons. The Morgan fingerprint density at radius 2 is 2.29 bits per heavy atom. The monoisotopic (exact) mass is 236 g/mol. The van der Waals surface area contributed by atoms with Gasteiger partial charge in [-0.15, -0.1) is 0 Å². The Bertz CT molecular complexity index is 375. The number of carboxylic acid groups (broad SMARTS) is 1. The Hall–Kier alpha value is -1.46. The molecular weight excluding hydrogens is 220 g/mol. The SMILES string of the molecule is O=C(O)C1(NCc2cccnc2)CCOCC1. The van der Waals surface area contributed by atoms with Gasteiger partial charge in [-0.1, -0.05) is 6.07 Å². The molecule has 0 spiro atoms. The summed E-state index contributed by atoms with van der Waals surface area (Å²) in [5, 5.41) is 12.5. The summed E-state index contributed by atoms with van der Waals surface area (Å²) in [6.45, 7) is 1.50. The molecule has 1 aromatic heterocycles. The number of nitrogens with one attached hydrogen (secondary N) is 1. The highest BCUT2D eigenvalue weighted by molar-refractivity contribution is 5.78. The van der Waals surface area contributed by atoms with E-state index in [1.54, 1.807) is 12.4 Å². The highest BCUT2D eigenvalue weighted by Crippen LogP contribution is 2.21. The zero-order chi connectivity index (χ0) is 12.1. The molecule has 1 fully saturated rings. The molecule has 2 N–H and O–H groups in total. The number of carboxylic acids is 1. The summed E-state index contributed by atoms with van der Waals surface area (Å²) in [6.07, 6.45) is 4.44. The average molecular weight is 236 g/mol. The van der Waals surface area contributed by atoms with Crippen LogP contribution in [0.4, 0.5) is 0 Å². The minimum absolute atomic E-state index is 0.492. The van der Waals surface area contributed by atoms with Crippen molar-refractivity contribution in [3.63, 3.8) is 0 Å². The van der Waals surface area contributed by atoms with Gasteiger partial charge in [0.05, 0.1) is 0 Å². The number of carbonyl (C=O) groups is 1. The number of hydrogen-bond acceptors (Lipinski definition) is 4. The summed E-state index contributed by atoms with van der Waals surface area (Å²) < 4.78 is 5.21. The van der Waals surface area contributed by atoms with Gasteiger partial charge in [0.2, 0.25) is 0 Å². The van der Waals surface area contributed by atoms with Crippen LogP contribution >= 0.6 is 0 Å². The van der Waals surface area contributed by atoms with Crippen molar-refractivity contribution < 1.29 is 14.6 Å². The molecule has 0 bridgehead atoms. The molecule has 0 aromatic carbocycles. The van der Waals surface area contributed by atoms with Gasteiger partial charge in [-0.25, -0.2) is 0 Å². The fourth-order valence-electron chi connectivity index (χ4n) is 1.96. The van der Waals surface area contributed by atoms with Gasteiger partial charge < -0.3 is 9.84 Å². The van der Waals surface area contributed by atoms with E-state index >= 15 is 0 Å². The number of pyridine rings is 1. The van der Waals surface area contributed by atoms with Gasteiger partial charge in [0, 0.05) is 32.2 Å². The van der Waals surface area contributed by atoms with Crippen LogP contribution in [-0.4, -0.2) is 34.8 Å². The molecule has 0 amide bonds. The van der Waals surface area contributed by atoms with Crippen LogP contribution in [0, 0.1) is 0 Å². The second-order valence-electron chi connectivity index (χ2n) is 4.21. The lowest BCUT2D eigenvalue weighted by molar-refractivity contribution is -0.149. The van der Waals surface area contributed by atoms with Crippen LogP contribution in [0.15, 0.2) is 24.5 Å². The molecule has 0 radical (unpaired) electrons. The fourth-order valence-corrected chi connectivity index (χ4v) is 1.96. The highest BCUT2D eigenvalue weighted by Gasteiger charge is 2.39. The molecule has 17 heavy (non-hydrogen) atoms. The Kier molecular flexibility index (Phi) is 3.71. The van der Waals surface area contributed by atoms with Crippen LogP contribution in [0.1, 0.15) is 18.4 Å². The van der Waals surface area contributed by atoms with Crippen LogP contribution < -0.4 is 5.32 Å². The van der Waals surface area contributed by atoms with Gasteiger partial charge in [0.15, 0.2) is 0 Å². The Morgan fingerprint density at radius 1 is 1.53 bits per heavy atom. The van der Waals surface area contributed by atoms with Crippen molar-refractivity contribution in [2.45, 2.75) is 24.9 Å². The van der Waals surface area contributed by atoms with Crippen molar-refractivity contribution in [3.8, 4) is 0 Å². The lowest BCUT2D eigenvalue weighted by atomic mass is 9.90. The minimum Gasteiger partial charge on any atom is -0.480 e. The maximum absolute atomic E-state index is 11.4. The van der Waals surface area contributed by atoms with Gasteiger partial charge in [0.1, 0.15) is 5.54 Å². The van der Waals surface area contributed by atoms with E-state index in [4.69, 9.17) is 4.74 Å². The van der Waals surface area contributed by atoms with Gasteiger partial charge in [0.25, 0.3) is 0 Å². The zero-order valence-electron chi connectivity index (χ0n) is 9.56. The highest BCUT2D eigenvalue weighted by atomic mass is 16.5. The van der Waals surface area contributed by atoms with Crippen molar-refractivity contribution in [2.75, 3.05) is 13.2 Å². The van der Waals surface area contributed by atoms with E-state index in [0.29, 0.717) is 32.6 Å². The van der Waals surface area contributed by atoms with Crippen molar-refractivity contribution in [3.05, 3.63) is 30.1 Å². The molecule has 0 unspecified atom stereocenters. The first-order chi connectivity index (χ1) is 8.23. The number of aromatic nitrogens is 1. The molecule has 1 saturated heterocycles. The average Bonchev–Trinajstić information content (AvgIpc) is 2.38. The summed E-state index contributed by atoms with van der Waals surface area (Å²) in [4.78, 5) is 15.4. The molecule has 0 atom stereocenters. The standard InChI is InChI=1S/C12H16N2O3/c15-11(16)12(3-6-17-7-4-12)14-9-10-2-1-5-13-8-10/h1-2,5,8,14H,3-4,6-7,9H2,(H,15,16). The Labute approximate surface area is 99.8 Å². The summed E-state index contributed by atoms with van der Waals surface area (Å²) in [6, 6.07) is 3.77. The molecule has 1 aromatic rings. The second-order valence-corrected chi connectivity index (χ2v) is 4.21. The second kappa shape index (κ2) is 5.25. The van der Waals surface area contributed by atoms with Crippen molar-refractivity contribution in [1.82, 2.24) is 10.3 Å². The maximum Gasteiger partial charge on any atom is 0.324 e. The van der Waals surface area contributed by atoms with Crippen molar-refractivity contribution in [1.29, 1.82) is 0 Å². The third-order valence-corrected chi connectivity index (χ3v) is 3.11. The topological polar surface area (TPSA) is 71.5 Å². The quantitative estimate of drug-likeness (QED) is 0.809. The molecule has 0 saturated carbocycles. The minimum atomic E-state index is -0.853. The van der Waals surface area contributed by atoms with Crippen LogP contribution in [-0.2, 0) is 16.1 Å². The molecule has 2 heterocycles. The van der Waals surface area contributed by atoms with Crippen LogP contribution in [0.5, 0.6) is 0 Å². The van der Waals surface area contributed by atoms with Crippen LogP contribution in [0.3, 0.4) is 0 Å². The predicted octanol–water partition coefficient (Wildman–Crippen LogP) is 0.805. The molecule has 5 nitrogen and oxygen atoms in total. The van der Waals surface area contributed by atoms with E-state index in [0.717, 1.165) is 5.56 Å². The number of aliphatic carboxylic acids is 1. The summed E-state index contributed by atoms with van der Waals surface area (Å²) in [5.41, 5.74) is 0.133. The molecule has 1 aliphatic rings. The van der Waals surface area contributed by atoms with Gasteiger partial charge in [-0.3, -0.25) is 15.1 Å². The van der Waals surface area contributed by atoms with E-state index in [2.05, 4.69) is 10.3 Å². The Balaban J connectivity index is 2.01. The fraction of sp³-hybridized carbons (Fsp3) is 0.500. The van der Waals surface area contributed by atoms with E-state index in [9.17, 15) is 9.90 Å². The zero-order valence-corrected chi connectivity index (χ0v) is 9.56. The van der Waals surface area contributed by atoms with Crippen molar-refractivity contribution in [2.24, 2.45) is 0 Å². The first kappa shape index (κ1) is 12.0. The summed E-state index contributed by atoms with van der Waals surface area (Å²) in [7, 11) is 0. The molecule has 1 aliphatic heterocycles. The number of ether oxygens (including phenoxy) is 1. The first-order valence-corrected chi connectivity index (χ1v) is 5.68. The first-order valence-electron chi connectivity index (χ1n) is 5.68. The molecule has 0 aliphatic carbocycles. The van der Waals surface area contributed by atoms with E-state index < -0.39 is 11.5 Å².